The third-order valence-electron chi connectivity index (χ3n) is 1.84. The van der Waals surface area contributed by atoms with Crippen molar-refractivity contribution in [3.05, 3.63) is 0 Å². The zero-order valence-corrected chi connectivity index (χ0v) is 7.20. The van der Waals surface area contributed by atoms with E-state index in [9.17, 15) is 0 Å². The van der Waals surface area contributed by atoms with Gasteiger partial charge < -0.3 is 4.90 Å². The highest BCUT2D eigenvalue weighted by Crippen LogP contribution is 1.70. The summed E-state index contributed by atoms with van der Waals surface area (Å²) in [6, 6.07) is 0.801. The van der Waals surface area contributed by atoms with Crippen LogP contribution in [-0.2, 0) is 0 Å². The molecule has 1 heteroatoms. The minimum Gasteiger partial charge on any atom is -0.333 e. The summed E-state index contributed by atoms with van der Waals surface area (Å²) >= 11 is 0. The van der Waals surface area contributed by atoms with Crippen LogP contribution in [0.3, 0.4) is 0 Å². The average Bonchev–Trinajstić information content (AvgIpc) is 1.82. The van der Waals surface area contributed by atoms with Crippen LogP contribution in [-0.4, -0.2) is 19.1 Å². The van der Waals surface area contributed by atoms with Crippen molar-refractivity contribution in [3.63, 3.8) is 0 Å². The SMILES string of the molecule is CCC[NH+](CC)C(C)C. The van der Waals surface area contributed by atoms with E-state index in [1.165, 1.54) is 19.5 Å². The van der Waals surface area contributed by atoms with Gasteiger partial charge in [-0.15, -0.1) is 0 Å². The molecule has 1 atom stereocenters. The normalized spacial score (nSPS) is 14.3. The van der Waals surface area contributed by atoms with Gasteiger partial charge in [0.05, 0.1) is 19.1 Å². The molecule has 0 rings (SSSR count). The van der Waals surface area contributed by atoms with E-state index in [0.29, 0.717) is 0 Å². The highest BCUT2D eigenvalue weighted by atomic mass is 15.1. The number of rotatable bonds is 4. The molecule has 0 spiro atoms. The fourth-order valence-electron chi connectivity index (χ4n) is 1.19. The van der Waals surface area contributed by atoms with E-state index in [0.717, 1.165) is 6.04 Å². The largest absolute Gasteiger partial charge is 0.333 e. The van der Waals surface area contributed by atoms with Crippen molar-refractivity contribution in [2.24, 2.45) is 0 Å². The van der Waals surface area contributed by atoms with E-state index in [1.807, 2.05) is 0 Å². The first-order chi connectivity index (χ1) is 4.22. The topological polar surface area (TPSA) is 4.44 Å². The first-order valence-corrected chi connectivity index (χ1v) is 4.06. The number of hydrogen-bond donors (Lipinski definition) is 1. The summed E-state index contributed by atoms with van der Waals surface area (Å²) in [5.74, 6) is 0. The van der Waals surface area contributed by atoms with Crippen molar-refractivity contribution < 1.29 is 4.90 Å². The van der Waals surface area contributed by atoms with Gasteiger partial charge in [0.1, 0.15) is 0 Å². The number of nitrogens with one attached hydrogen (secondary N) is 1. The lowest BCUT2D eigenvalue weighted by Crippen LogP contribution is -3.14. The average molecular weight is 130 g/mol. The summed E-state index contributed by atoms with van der Waals surface area (Å²) in [5.41, 5.74) is 0. The zero-order valence-electron chi connectivity index (χ0n) is 7.20. The summed E-state index contributed by atoms with van der Waals surface area (Å²) in [6.45, 7) is 11.7. The van der Waals surface area contributed by atoms with Gasteiger partial charge in [0, 0.05) is 0 Å². The van der Waals surface area contributed by atoms with Gasteiger partial charge in [-0.1, -0.05) is 6.92 Å². The van der Waals surface area contributed by atoms with Gasteiger partial charge in [0.25, 0.3) is 0 Å². The maximum absolute atomic E-state index is 2.29. The summed E-state index contributed by atoms with van der Waals surface area (Å²) < 4.78 is 0. The Morgan fingerprint density at radius 2 is 1.78 bits per heavy atom. The Balaban J connectivity index is 3.41. The fourth-order valence-corrected chi connectivity index (χ4v) is 1.19. The highest BCUT2D eigenvalue weighted by molar-refractivity contribution is 4.32. The van der Waals surface area contributed by atoms with Crippen LogP contribution in [0, 0.1) is 0 Å². The van der Waals surface area contributed by atoms with Crippen LogP contribution in [0.5, 0.6) is 0 Å². The van der Waals surface area contributed by atoms with Crippen LogP contribution in [0.2, 0.25) is 0 Å². The van der Waals surface area contributed by atoms with Gasteiger partial charge in [-0.25, -0.2) is 0 Å². The maximum atomic E-state index is 2.29. The monoisotopic (exact) mass is 130 g/mol. The Bertz CT molecular complexity index is 59.6. The molecular formula is C8H20N+. The molecule has 0 amide bonds. The Morgan fingerprint density at radius 3 is 1.89 bits per heavy atom. The Labute approximate surface area is 59.1 Å². The smallest absolute Gasteiger partial charge is 0.0817 e. The van der Waals surface area contributed by atoms with E-state index in [2.05, 4.69) is 27.7 Å². The van der Waals surface area contributed by atoms with Crippen molar-refractivity contribution in [1.29, 1.82) is 0 Å². The van der Waals surface area contributed by atoms with E-state index < -0.39 is 0 Å². The Morgan fingerprint density at radius 1 is 1.22 bits per heavy atom. The molecule has 0 fully saturated rings. The van der Waals surface area contributed by atoms with Crippen LogP contribution >= 0.6 is 0 Å². The Kier molecular flexibility index (Phi) is 4.78. The minimum absolute atomic E-state index is 0.801. The quantitative estimate of drug-likeness (QED) is 0.571. The van der Waals surface area contributed by atoms with Gasteiger partial charge in [0.2, 0.25) is 0 Å². The molecule has 0 aliphatic rings. The third kappa shape index (κ3) is 3.52. The lowest BCUT2D eigenvalue weighted by atomic mass is 10.3. The van der Waals surface area contributed by atoms with Crippen molar-refractivity contribution in [2.75, 3.05) is 13.1 Å². The molecule has 0 aliphatic carbocycles. The van der Waals surface area contributed by atoms with E-state index in [-0.39, 0.29) is 0 Å². The molecule has 1 unspecified atom stereocenters. The highest BCUT2D eigenvalue weighted by Gasteiger charge is 2.06. The molecule has 9 heavy (non-hydrogen) atoms. The van der Waals surface area contributed by atoms with Crippen LogP contribution in [0.1, 0.15) is 34.1 Å². The summed E-state index contributed by atoms with van der Waals surface area (Å²) in [7, 11) is 0. The molecule has 0 heterocycles. The summed E-state index contributed by atoms with van der Waals surface area (Å²) in [6.07, 6.45) is 1.31. The van der Waals surface area contributed by atoms with Gasteiger partial charge in [-0.2, -0.15) is 0 Å². The number of hydrogen-bond acceptors (Lipinski definition) is 0. The van der Waals surface area contributed by atoms with Crippen molar-refractivity contribution >= 4 is 0 Å². The van der Waals surface area contributed by atoms with E-state index in [4.69, 9.17) is 0 Å². The molecule has 1 N–H and O–H groups in total. The second-order valence-corrected chi connectivity index (χ2v) is 2.92. The molecular weight excluding hydrogens is 110 g/mol. The predicted molar refractivity (Wildman–Crippen MR) is 41.8 cm³/mol. The molecule has 0 aliphatic heterocycles. The molecule has 0 aromatic heterocycles. The van der Waals surface area contributed by atoms with Crippen LogP contribution in [0.25, 0.3) is 0 Å². The van der Waals surface area contributed by atoms with Crippen LogP contribution in [0.15, 0.2) is 0 Å². The Hall–Kier alpha value is -0.0400. The molecule has 0 aromatic carbocycles. The lowest BCUT2D eigenvalue weighted by molar-refractivity contribution is -0.919. The van der Waals surface area contributed by atoms with Crippen molar-refractivity contribution in [1.82, 2.24) is 0 Å². The fraction of sp³-hybridized carbons (Fsp3) is 1.00. The zero-order chi connectivity index (χ0) is 7.28. The maximum Gasteiger partial charge on any atom is 0.0817 e. The third-order valence-corrected chi connectivity index (χ3v) is 1.84. The van der Waals surface area contributed by atoms with E-state index >= 15 is 0 Å². The molecule has 0 radical (unpaired) electrons. The van der Waals surface area contributed by atoms with Crippen LogP contribution in [0.4, 0.5) is 0 Å². The molecule has 0 saturated heterocycles. The second-order valence-electron chi connectivity index (χ2n) is 2.92. The van der Waals surface area contributed by atoms with Gasteiger partial charge >= 0.3 is 0 Å². The predicted octanol–water partition coefficient (Wildman–Crippen LogP) is 0.710. The molecule has 0 saturated carbocycles. The molecule has 56 valence electrons. The first kappa shape index (κ1) is 8.96. The molecule has 0 bridgehead atoms. The standard InChI is InChI=1S/C8H19N/c1-5-7-9(6-2)8(3)4/h8H,5-7H2,1-4H3/p+1. The molecule has 1 nitrogen and oxygen atoms in total. The van der Waals surface area contributed by atoms with Crippen molar-refractivity contribution in [3.8, 4) is 0 Å². The summed E-state index contributed by atoms with van der Waals surface area (Å²) in [5, 5.41) is 0. The van der Waals surface area contributed by atoms with Crippen LogP contribution < -0.4 is 4.90 Å². The summed E-state index contributed by atoms with van der Waals surface area (Å²) in [4.78, 5) is 1.72. The van der Waals surface area contributed by atoms with Gasteiger partial charge in [0.15, 0.2) is 0 Å². The van der Waals surface area contributed by atoms with Crippen molar-refractivity contribution in [2.45, 2.75) is 40.2 Å². The second kappa shape index (κ2) is 4.80. The van der Waals surface area contributed by atoms with Gasteiger partial charge in [-0.3, -0.25) is 0 Å². The first-order valence-electron chi connectivity index (χ1n) is 4.06. The number of quaternary nitrogens is 1. The van der Waals surface area contributed by atoms with Gasteiger partial charge in [-0.05, 0) is 27.2 Å². The molecule has 0 aromatic rings. The minimum atomic E-state index is 0.801. The van der Waals surface area contributed by atoms with E-state index in [1.54, 1.807) is 4.90 Å². The lowest BCUT2D eigenvalue weighted by Gasteiger charge is -2.20.